The van der Waals surface area contributed by atoms with Crippen LogP contribution in [0.4, 0.5) is 17.1 Å². The van der Waals surface area contributed by atoms with Crippen molar-refractivity contribution in [3.05, 3.63) is 47.8 Å². The van der Waals surface area contributed by atoms with E-state index in [1.807, 2.05) is 37.3 Å². The number of benzene rings is 1. The van der Waals surface area contributed by atoms with Gasteiger partial charge in [0.1, 0.15) is 0 Å². The molecular weight excluding hydrogens is 264 g/mol. The van der Waals surface area contributed by atoms with Crippen LogP contribution in [0.15, 0.2) is 36.5 Å². The van der Waals surface area contributed by atoms with Crippen molar-refractivity contribution in [1.29, 1.82) is 0 Å². The van der Waals surface area contributed by atoms with Crippen LogP contribution in [0.1, 0.15) is 30.6 Å². The molecule has 0 spiro atoms. The zero-order chi connectivity index (χ0) is 14.8. The fourth-order valence-corrected chi connectivity index (χ4v) is 2.51. The molecule has 0 aliphatic carbocycles. The van der Waals surface area contributed by atoms with E-state index in [-0.39, 0.29) is 11.9 Å². The Labute approximate surface area is 123 Å². The molecule has 5 heteroatoms. The van der Waals surface area contributed by atoms with E-state index in [0.717, 1.165) is 29.1 Å². The van der Waals surface area contributed by atoms with Crippen LogP contribution in [0.25, 0.3) is 0 Å². The number of amides is 1. The highest BCUT2D eigenvalue weighted by molar-refractivity contribution is 5.95. The van der Waals surface area contributed by atoms with Gasteiger partial charge in [-0.1, -0.05) is 6.07 Å². The van der Waals surface area contributed by atoms with Crippen LogP contribution in [0.5, 0.6) is 0 Å². The maximum atomic E-state index is 11.4. The molecule has 2 aromatic rings. The number of nitrogens with zero attached hydrogens (tertiary/aromatic N) is 1. The van der Waals surface area contributed by atoms with Crippen LogP contribution in [-0.2, 0) is 11.2 Å². The molecule has 1 atom stereocenters. The van der Waals surface area contributed by atoms with E-state index in [9.17, 15) is 4.79 Å². The number of pyridine rings is 1. The standard InChI is InChI=1S/C16H18N4O/c1-10(13-4-2-3-7-18-13)19-15-8-11-5-6-16(21)20-14(11)9-12(15)17/h2-4,7-10,19H,5-6,17H2,1H3,(H,20,21). The second-order valence-corrected chi connectivity index (χ2v) is 5.27. The lowest BCUT2D eigenvalue weighted by Gasteiger charge is -2.22. The summed E-state index contributed by atoms with van der Waals surface area (Å²) in [5, 5.41) is 6.24. The molecule has 1 aromatic carbocycles. The van der Waals surface area contributed by atoms with Gasteiger partial charge in [0, 0.05) is 18.3 Å². The maximum Gasteiger partial charge on any atom is 0.224 e. The number of rotatable bonds is 3. The van der Waals surface area contributed by atoms with Gasteiger partial charge in [-0.15, -0.1) is 0 Å². The lowest BCUT2D eigenvalue weighted by molar-refractivity contribution is -0.116. The van der Waals surface area contributed by atoms with Gasteiger partial charge in [0.2, 0.25) is 5.91 Å². The second-order valence-electron chi connectivity index (χ2n) is 5.27. The summed E-state index contributed by atoms with van der Waals surface area (Å²) in [5.41, 5.74) is 10.5. The average Bonchev–Trinajstić information content (AvgIpc) is 2.49. The number of hydrogen-bond acceptors (Lipinski definition) is 4. The molecule has 1 amide bonds. The molecule has 108 valence electrons. The molecule has 1 aliphatic rings. The molecule has 1 unspecified atom stereocenters. The summed E-state index contributed by atoms with van der Waals surface area (Å²) >= 11 is 0. The Morgan fingerprint density at radius 2 is 2.19 bits per heavy atom. The van der Waals surface area contributed by atoms with Gasteiger partial charge in [-0.2, -0.15) is 0 Å². The molecule has 5 nitrogen and oxygen atoms in total. The Morgan fingerprint density at radius 1 is 1.33 bits per heavy atom. The van der Waals surface area contributed by atoms with Crippen molar-refractivity contribution in [2.45, 2.75) is 25.8 Å². The summed E-state index contributed by atoms with van der Waals surface area (Å²) in [6.07, 6.45) is 3.04. The number of nitrogens with one attached hydrogen (secondary N) is 2. The first-order chi connectivity index (χ1) is 10.1. The first-order valence-electron chi connectivity index (χ1n) is 7.03. The maximum absolute atomic E-state index is 11.4. The van der Waals surface area contributed by atoms with Crippen molar-refractivity contribution in [1.82, 2.24) is 4.98 Å². The van der Waals surface area contributed by atoms with Gasteiger partial charge in [-0.3, -0.25) is 9.78 Å². The van der Waals surface area contributed by atoms with E-state index in [2.05, 4.69) is 15.6 Å². The van der Waals surface area contributed by atoms with E-state index in [4.69, 9.17) is 5.73 Å². The van der Waals surface area contributed by atoms with Crippen LogP contribution < -0.4 is 16.4 Å². The van der Waals surface area contributed by atoms with Gasteiger partial charge in [-0.25, -0.2) is 0 Å². The lowest BCUT2D eigenvalue weighted by Crippen LogP contribution is -2.20. The summed E-state index contributed by atoms with van der Waals surface area (Å²) < 4.78 is 0. The number of anilines is 3. The zero-order valence-corrected chi connectivity index (χ0v) is 11.9. The Kier molecular flexibility index (Phi) is 3.48. The molecule has 4 N–H and O–H groups in total. The number of nitrogen functional groups attached to an aromatic ring is 1. The first kappa shape index (κ1) is 13.4. The van der Waals surface area contributed by atoms with E-state index < -0.39 is 0 Å². The molecular formula is C16H18N4O. The summed E-state index contributed by atoms with van der Waals surface area (Å²) in [5.74, 6) is 0.0458. The highest BCUT2D eigenvalue weighted by Gasteiger charge is 2.17. The minimum absolute atomic E-state index is 0.0458. The van der Waals surface area contributed by atoms with Gasteiger partial charge in [0.05, 0.1) is 23.1 Å². The third-order valence-electron chi connectivity index (χ3n) is 3.67. The zero-order valence-electron chi connectivity index (χ0n) is 11.9. The normalized spacial score (nSPS) is 15.0. The van der Waals surface area contributed by atoms with Crippen LogP contribution >= 0.6 is 0 Å². The number of nitrogens with two attached hydrogens (primary N) is 1. The van der Waals surface area contributed by atoms with Crippen LogP contribution in [0.3, 0.4) is 0 Å². The molecule has 2 heterocycles. The molecule has 1 aromatic heterocycles. The molecule has 0 radical (unpaired) electrons. The molecule has 21 heavy (non-hydrogen) atoms. The minimum Gasteiger partial charge on any atom is -0.397 e. The summed E-state index contributed by atoms with van der Waals surface area (Å²) in [6, 6.07) is 9.73. The van der Waals surface area contributed by atoms with Crippen molar-refractivity contribution >= 4 is 23.0 Å². The number of aromatic nitrogens is 1. The van der Waals surface area contributed by atoms with Gasteiger partial charge in [-0.05, 0) is 43.2 Å². The number of carbonyl (C=O) groups excluding carboxylic acids is 1. The number of carbonyl (C=O) groups is 1. The van der Waals surface area contributed by atoms with Crippen molar-refractivity contribution in [2.75, 3.05) is 16.4 Å². The molecule has 0 saturated carbocycles. The predicted molar refractivity (Wildman–Crippen MR) is 84.1 cm³/mol. The third kappa shape index (κ3) is 2.81. The van der Waals surface area contributed by atoms with Crippen LogP contribution in [0.2, 0.25) is 0 Å². The Balaban J connectivity index is 1.84. The van der Waals surface area contributed by atoms with Crippen LogP contribution in [0, 0.1) is 0 Å². The fraction of sp³-hybridized carbons (Fsp3) is 0.250. The van der Waals surface area contributed by atoms with Crippen molar-refractivity contribution in [3.8, 4) is 0 Å². The topological polar surface area (TPSA) is 80.0 Å². The van der Waals surface area contributed by atoms with E-state index in [1.54, 1.807) is 6.20 Å². The Bertz CT molecular complexity index is 669. The summed E-state index contributed by atoms with van der Waals surface area (Å²) in [4.78, 5) is 15.8. The largest absolute Gasteiger partial charge is 0.397 e. The fourth-order valence-electron chi connectivity index (χ4n) is 2.51. The molecule has 0 bridgehead atoms. The average molecular weight is 282 g/mol. The molecule has 1 aliphatic heterocycles. The van der Waals surface area contributed by atoms with Crippen LogP contribution in [-0.4, -0.2) is 10.9 Å². The van der Waals surface area contributed by atoms with Gasteiger partial charge in [0.15, 0.2) is 0 Å². The van der Waals surface area contributed by atoms with Gasteiger partial charge in [0.25, 0.3) is 0 Å². The summed E-state index contributed by atoms with van der Waals surface area (Å²) in [6.45, 7) is 2.04. The monoisotopic (exact) mass is 282 g/mol. The van der Waals surface area contributed by atoms with Crippen molar-refractivity contribution < 1.29 is 4.79 Å². The third-order valence-corrected chi connectivity index (χ3v) is 3.67. The first-order valence-corrected chi connectivity index (χ1v) is 7.03. The molecule has 0 fully saturated rings. The van der Waals surface area contributed by atoms with Crippen molar-refractivity contribution in [3.63, 3.8) is 0 Å². The lowest BCUT2D eigenvalue weighted by atomic mass is 10.0. The smallest absolute Gasteiger partial charge is 0.224 e. The van der Waals surface area contributed by atoms with Gasteiger partial charge >= 0.3 is 0 Å². The number of fused-ring (bicyclic) bond motifs is 1. The highest BCUT2D eigenvalue weighted by atomic mass is 16.1. The van der Waals surface area contributed by atoms with Gasteiger partial charge < -0.3 is 16.4 Å². The Hall–Kier alpha value is -2.56. The van der Waals surface area contributed by atoms with E-state index >= 15 is 0 Å². The second kappa shape index (κ2) is 5.44. The highest BCUT2D eigenvalue weighted by Crippen LogP contribution is 2.32. The molecule has 0 saturated heterocycles. The summed E-state index contributed by atoms with van der Waals surface area (Å²) in [7, 11) is 0. The van der Waals surface area contributed by atoms with E-state index in [0.29, 0.717) is 12.1 Å². The minimum atomic E-state index is 0.0458. The number of aryl methyl sites for hydroxylation is 1. The predicted octanol–water partition coefficient (Wildman–Crippen LogP) is 2.72. The number of hydrogen-bond donors (Lipinski definition) is 3. The van der Waals surface area contributed by atoms with Crippen molar-refractivity contribution in [2.24, 2.45) is 0 Å². The molecule has 3 rings (SSSR count). The quantitative estimate of drug-likeness (QED) is 0.756. The SMILES string of the molecule is CC(Nc1cc2c(cc1N)NC(=O)CC2)c1ccccn1. The van der Waals surface area contributed by atoms with E-state index in [1.165, 1.54) is 0 Å². The Morgan fingerprint density at radius 3 is 2.95 bits per heavy atom.